The first-order chi connectivity index (χ1) is 10.6. The van der Waals surface area contributed by atoms with Crippen molar-refractivity contribution in [2.45, 2.75) is 30.7 Å². The minimum absolute atomic E-state index is 0.176. The number of aliphatic carboxylic acids is 1. The predicted molar refractivity (Wildman–Crippen MR) is 84.1 cm³/mol. The molecule has 1 atom stereocenters. The topological polar surface area (TPSA) is 101 Å². The molecule has 0 radical (unpaired) electrons. The molecule has 0 saturated heterocycles. The molecule has 0 spiro atoms. The van der Waals surface area contributed by atoms with Gasteiger partial charge in [0.2, 0.25) is 5.91 Å². The Morgan fingerprint density at radius 2 is 1.83 bits per heavy atom. The number of likely N-dealkylation sites (N-methyl/N-ethyl adjacent to an activating group) is 1. The molecule has 1 rings (SSSR count). The Kier molecular flexibility index (Phi) is 6.56. The van der Waals surface area contributed by atoms with Gasteiger partial charge < -0.3 is 14.7 Å². The number of carboxylic acids is 1. The lowest BCUT2D eigenvalue weighted by atomic mass is 10.2. The van der Waals surface area contributed by atoms with Crippen molar-refractivity contribution in [2.24, 2.45) is 0 Å². The molecule has 0 aliphatic rings. The summed E-state index contributed by atoms with van der Waals surface area (Å²) in [6.45, 7) is 1.72. The van der Waals surface area contributed by atoms with E-state index in [-0.39, 0.29) is 23.8 Å². The van der Waals surface area contributed by atoms with Gasteiger partial charge in [-0.25, -0.2) is 13.2 Å². The van der Waals surface area contributed by atoms with Gasteiger partial charge in [0.1, 0.15) is 11.8 Å². The highest BCUT2D eigenvalue weighted by Crippen LogP contribution is 2.16. The summed E-state index contributed by atoms with van der Waals surface area (Å²) >= 11 is 0. The number of sulfone groups is 1. The average Bonchev–Trinajstić information content (AvgIpc) is 2.49. The van der Waals surface area contributed by atoms with Gasteiger partial charge in [0.25, 0.3) is 0 Å². The number of rotatable bonds is 8. The van der Waals surface area contributed by atoms with Crippen LogP contribution in [0.1, 0.15) is 19.8 Å². The molecule has 0 aliphatic heterocycles. The van der Waals surface area contributed by atoms with Crippen LogP contribution >= 0.6 is 0 Å². The fourth-order valence-electron chi connectivity index (χ4n) is 1.75. The van der Waals surface area contributed by atoms with Crippen molar-refractivity contribution in [1.29, 1.82) is 0 Å². The minimum Gasteiger partial charge on any atom is -0.494 e. The van der Waals surface area contributed by atoms with Crippen molar-refractivity contribution >= 4 is 21.7 Å². The van der Waals surface area contributed by atoms with E-state index in [0.717, 1.165) is 6.26 Å². The zero-order valence-electron chi connectivity index (χ0n) is 13.4. The van der Waals surface area contributed by atoms with E-state index in [9.17, 15) is 18.0 Å². The average molecular weight is 343 g/mol. The number of amides is 1. The van der Waals surface area contributed by atoms with Gasteiger partial charge in [-0.05, 0) is 37.6 Å². The second-order valence-electron chi connectivity index (χ2n) is 5.21. The van der Waals surface area contributed by atoms with Gasteiger partial charge in [0.15, 0.2) is 9.84 Å². The third-order valence-electron chi connectivity index (χ3n) is 3.39. The van der Waals surface area contributed by atoms with Crippen LogP contribution in [0.4, 0.5) is 0 Å². The van der Waals surface area contributed by atoms with Crippen molar-refractivity contribution in [2.75, 3.05) is 19.9 Å². The fraction of sp³-hybridized carbons (Fsp3) is 0.467. The first kappa shape index (κ1) is 19.0. The van der Waals surface area contributed by atoms with Gasteiger partial charge in [-0.3, -0.25) is 4.79 Å². The lowest BCUT2D eigenvalue weighted by Gasteiger charge is -2.21. The molecular weight excluding hydrogens is 322 g/mol. The highest BCUT2D eigenvalue weighted by atomic mass is 32.2. The summed E-state index contributed by atoms with van der Waals surface area (Å²) < 4.78 is 28.1. The molecule has 1 N–H and O–H groups in total. The smallest absolute Gasteiger partial charge is 0.326 e. The molecule has 7 nitrogen and oxygen atoms in total. The van der Waals surface area contributed by atoms with Gasteiger partial charge >= 0.3 is 5.97 Å². The van der Waals surface area contributed by atoms with E-state index in [4.69, 9.17) is 9.84 Å². The zero-order valence-corrected chi connectivity index (χ0v) is 14.2. The minimum atomic E-state index is -3.23. The zero-order chi connectivity index (χ0) is 17.6. The summed E-state index contributed by atoms with van der Waals surface area (Å²) in [6.07, 6.45) is 1.74. The van der Waals surface area contributed by atoms with Crippen molar-refractivity contribution in [3.8, 4) is 5.75 Å². The second-order valence-corrected chi connectivity index (χ2v) is 7.23. The Morgan fingerprint density at radius 1 is 1.26 bits per heavy atom. The fourth-order valence-corrected chi connectivity index (χ4v) is 2.38. The van der Waals surface area contributed by atoms with Gasteiger partial charge in [-0.2, -0.15) is 0 Å². The van der Waals surface area contributed by atoms with E-state index >= 15 is 0 Å². The number of ether oxygens (including phenoxy) is 1. The van der Waals surface area contributed by atoms with Crippen LogP contribution in [0.3, 0.4) is 0 Å². The number of hydrogen-bond acceptors (Lipinski definition) is 5. The molecule has 1 aromatic rings. The summed E-state index contributed by atoms with van der Waals surface area (Å²) in [5.74, 6) is -0.809. The molecule has 0 aliphatic carbocycles. The molecule has 128 valence electrons. The molecule has 1 unspecified atom stereocenters. The summed E-state index contributed by atoms with van der Waals surface area (Å²) in [4.78, 5) is 24.0. The molecule has 1 amide bonds. The van der Waals surface area contributed by atoms with Gasteiger partial charge in [0.05, 0.1) is 11.5 Å². The maximum Gasteiger partial charge on any atom is 0.326 e. The lowest BCUT2D eigenvalue weighted by Crippen LogP contribution is -2.40. The van der Waals surface area contributed by atoms with E-state index < -0.39 is 21.8 Å². The highest BCUT2D eigenvalue weighted by Gasteiger charge is 2.20. The van der Waals surface area contributed by atoms with E-state index in [1.807, 2.05) is 0 Å². The molecule has 0 saturated carbocycles. The van der Waals surface area contributed by atoms with Crippen LogP contribution in [0.2, 0.25) is 0 Å². The number of nitrogens with zero attached hydrogens (tertiary/aromatic N) is 1. The van der Waals surface area contributed by atoms with Crippen molar-refractivity contribution in [1.82, 2.24) is 4.90 Å². The Balaban J connectivity index is 2.40. The van der Waals surface area contributed by atoms with E-state index in [0.29, 0.717) is 12.2 Å². The maximum absolute atomic E-state index is 11.8. The Hall–Kier alpha value is -2.09. The lowest BCUT2D eigenvalue weighted by molar-refractivity contribution is -0.148. The molecule has 23 heavy (non-hydrogen) atoms. The Morgan fingerprint density at radius 3 is 2.30 bits per heavy atom. The van der Waals surface area contributed by atoms with Gasteiger partial charge in [-0.15, -0.1) is 0 Å². The molecule has 0 aromatic heterocycles. The van der Waals surface area contributed by atoms with Crippen LogP contribution in [0.15, 0.2) is 29.2 Å². The van der Waals surface area contributed by atoms with Crippen LogP contribution in [-0.4, -0.2) is 56.3 Å². The molecule has 0 heterocycles. The first-order valence-electron chi connectivity index (χ1n) is 7.04. The molecule has 0 fully saturated rings. The number of hydrogen-bond donors (Lipinski definition) is 1. The third kappa shape index (κ3) is 5.90. The molecule has 1 aromatic carbocycles. The summed E-state index contributed by atoms with van der Waals surface area (Å²) in [6, 6.07) is 5.15. The van der Waals surface area contributed by atoms with E-state index in [2.05, 4.69) is 0 Å². The van der Waals surface area contributed by atoms with Crippen LogP contribution in [0.5, 0.6) is 5.75 Å². The monoisotopic (exact) mass is 343 g/mol. The number of carbonyl (C=O) groups is 2. The van der Waals surface area contributed by atoms with Gasteiger partial charge in [-0.1, -0.05) is 0 Å². The van der Waals surface area contributed by atoms with E-state index in [1.54, 1.807) is 12.1 Å². The summed E-state index contributed by atoms with van der Waals surface area (Å²) in [5, 5.41) is 8.84. The normalized spacial score (nSPS) is 12.5. The quantitative estimate of drug-likeness (QED) is 0.711. The largest absolute Gasteiger partial charge is 0.494 e. The standard InChI is InChI=1S/C15H21NO6S/c1-11(15(18)19)16(2)14(17)5-4-10-22-12-6-8-13(9-7-12)23(3,20)21/h6-9,11H,4-5,10H2,1-3H3,(H,18,19). The summed E-state index contributed by atoms with van der Waals surface area (Å²) in [5.41, 5.74) is 0. The SMILES string of the molecule is CC(C(=O)O)N(C)C(=O)CCCOc1ccc(S(C)(=O)=O)cc1. The van der Waals surface area contributed by atoms with E-state index in [1.165, 1.54) is 31.0 Å². The first-order valence-corrected chi connectivity index (χ1v) is 8.93. The summed E-state index contributed by atoms with van der Waals surface area (Å²) in [7, 11) is -1.78. The maximum atomic E-state index is 11.8. The molecule has 0 bridgehead atoms. The van der Waals surface area contributed by atoms with Crippen molar-refractivity contribution in [3.05, 3.63) is 24.3 Å². The second kappa shape index (κ2) is 7.96. The number of benzene rings is 1. The highest BCUT2D eigenvalue weighted by molar-refractivity contribution is 7.90. The van der Waals surface area contributed by atoms with Gasteiger partial charge in [0, 0.05) is 19.7 Å². The number of carboxylic acid groups (broad SMARTS) is 1. The Labute approximate surface area is 135 Å². The third-order valence-corrected chi connectivity index (χ3v) is 4.52. The van der Waals surface area contributed by atoms with Crippen LogP contribution in [-0.2, 0) is 19.4 Å². The van der Waals surface area contributed by atoms with Crippen molar-refractivity contribution in [3.63, 3.8) is 0 Å². The van der Waals surface area contributed by atoms with Crippen molar-refractivity contribution < 1.29 is 27.9 Å². The van der Waals surface area contributed by atoms with Crippen LogP contribution in [0, 0.1) is 0 Å². The predicted octanol–water partition coefficient (Wildman–Crippen LogP) is 1.18. The van der Waals surface area contributed by atoms with Crippen LogP contribution < -0.4 is 4.74 Å². The molecular formula is C15H21NO6S. The number of carbonyl (C=O) groups excluding carboxylic acids is 1. The Bertz CT molecular complexity index is 653. The molecule has 8 heteroatoms. The van der Waals surface area contributed by atoms with Crippen LogP contribution in [0.25, 0.3) is 0 Å².